The molecule has 0 saturated carbocycles. The number of nitrogens with zero attached hydrogens (tertiary/aromatic N) is 2. The first kappa shape index (κ1) is 16.6. The SMILES string of the molecule is N#Cc1ccc(N2CCC(O)(CCO)CC2)cc1C(F)(F)F. The molecule has 1 fully saturated rings. The summed E-state index contributed by atoms with van der Waals surface area (Å²) in [5, 5.41) is 27.9. The van der Waals surface area contributed by atoms with E-state index in [9.17, 15) is 18.3 Å². The van der Waals surface area contributed by atoms with Crippen LogP contribution in [0.2, 0.25) is 0 Å². The molecule has 0 spiro atoms. The van der Waals surface area contributed by atoms with E-state index >= 15 is 0 Å². The number of aliphatic hydroxyl groups is 2. The second-order valence-corrected chi connectivity index (χ2v) is 5.52. The fourth-order valence-electron chi connectivity index (χ4n) is 2.70. The molecule has 0 atom stereocenters. The highest BCUT2D eigenvalue weighted by Gasteiger charge is 2.35. The molecule has 120 valence electrons. The largest absolute Gasteiger partial charge is 0.417 e. The Morgan fingerprint density at radius 2 is 1.91 bits per heavy atom. The van der Waals surface area contributed by atoms with E-state index in [0.29, 0.717) is 31.6 Å². The number of anilines is 1. The van der Waals surface area contributed by atoms with E-state index in [4.69, 9.17) is 10.4 Å². The van der Waals surface area contributed by atoms with Crippen molar-refractivity contribution in [2.24, 2.45) is 0 Å². The molecule has 0 bridgehead atoms. The van der Waals surface area contributed by atoms with Crippen LogP contribution in [0, 0.1) is 11.3 Å². The minimum Gasteiger partial charge on any atom is -0.396 e. The summed E-state index contributed by atoms with van der Waals surface area (Å²) in [6.07, 6.45) is -3.54. The van der Waals surface area contributed by atoms with Crippen molar-refractivity contribution < 1.29 is 23.4 Å². The minimum atomic E-state index is -4.57. The van der Waals surface area contributed by atoms with Crippen molar-refractivity contribution in [2.75, 3.05) is 24.6 Å². The molecule has 7 heteroatoms. The molecule has 1 aromatic carbocycles. The molecule has 0 radical (unpaired) electrons. The van der Waals surface area contributed by atoms with Crippen LogP contribution in [0.1, 0.15) is 30.4 Å². The van der Waals surface area contributed by atoms with Crippen molar-refractivity contribution in [3.63, 3.8) is 0 Å². The molecule has 1 aliphatic rings. The number of halogens is 3. The number of benzene rings is 1. The van der Waals surface area contributed by atoms with Gasteiger partial charge in [0.15, 0.2) is 0 Å². The van der Waals surface area contributed by atoms with Gasteiger partial charge in [-0.1, -0.05) is 0 Å². The van der Waals surface area contributed by atoms with Crippen LogP contribution in [-0.4, -0.2) is 35.5 Å². The van der Waals surface area contributed by atoms with Gasteiger partial charge in [-0.2, -0.15) is 18.4 Å². The number of alkyl halides is 3. The van der Waals surface area contributed by atoms with Gasteiger partial charge in [0.1, 0.15) is 0 Å². The fraction of sp³-hybridized carbons (Fsp3) is 0.533. The van der Waals surface area contributed by atoms with Crippen molar-refractivity contribution in [1.82, 2.24) is 0 Å². The molecule has 1 aliphatic heterocycles. The van der Waals surface area contributed by atoms with E-state index in [2.05, 4.69) is 0 Å². The summed E-state index contributed by atoms with van der Waals surface area (Å²) < 4.78 is 38.9. The van der Waals surface area contributed by atoms with Crippen LogP contribution < -0.4 is 4.90 Å². The van der Waals surface area contributed by atoms with E-state index in [1.54, 1.807) is 11.0 Å². The van der Waals surface area contributed by atoms with Gasteiger partial charge in [-0.05, 0) is 37.5 Å². The van der Waals surface area contributed by atoms with Crippen LogP contribution >= 0.6 is 0 Å². The molecule has 0 aliphatic carbocycles. The number of rotatable bonds is 3. The zero-order valence-corrected chi connectivity index (χ0v) is 11.9. The van der Waals surface area contributed by atoms with Gasteiger partial charge < -0.3 is 15.1 Å². The third-order valence-electron chi connectivity index (χ3n) is 4.07. The molecule has 1 saturated heterocycles. The first-order chi connectivity index (χ1) is 10.3. The van der Waals surface area contributed by atoms with Crippen LogP contribution in [0.3, 0.4) is 0 Å². The normalized spacial score (nSPS) is 18.1. The van der Waals surface area contributed by atoms with Gasteiger partial charge in [-0.25, -0.2) is 0 Å². The first-order valence-corrected chi connectivity index (χ1v) is 6.99. The summed E-state index contributed by atoms with van der Waals surface area (Å²) in [5.74, 6) is 0. The molecular weight excluding hydrogens is 297 g/mol. The van der Waals surface area contributed by atoms with Gasteiger partial charge in [0, 0.05) is 25.4 Å². The lowest BCUT2D eigenvalue weighted by Crippen LogP contribution is -2.45. The predicted octanol–water partition coefficient (Wildman–Crippen LogP) is 2.29. The van der Waals surface area contributed by atoms with Crippen molar-refractivity contribution in [3.8, 4) is 6.07 Å². The first-order valence-electron chi connectivity index (χ1n) is 6.99. The smallest absolute Gasteiger partial charge is 0.396 e. The van der Waals surface area contributed by atoms with Gasteiger partial charge in [-0.3, -0.25) is 0 Å². The lowest BCUT2D eigenvalue weighted by molar-refractivity contribution is -0.137. The molecule has 1 heterocycles. The Bertz CT molecular complexity index is 573. The average molecular weight is 314 g/mol. The maximum Gasteiger partial charge on any atom is 0.417 e. The molecule has 2 rings (SSSR count). The van der Waals surface area contributed by atoms with Crippen molar-refractivity contribution >= 4 is 5.69 Å². The van der Waals surface area contributed by atoms with Crippen LogP contribution in [-0.2, 0) is 6.18 Å². The van der Waals surface area contributed by atoms with Crippen LogP contribution in [0.5, 0.6) is 0 Å². The van der Waals surface area contributed by atoms with Crippen molar-refractivity contribution in [3.05, 3.63) is 29.3 Å². The standard InChI is InChI=1S/C15H17F3N2O2/c16-15(17,18)13-9-12(2-1-11(13)10-19)20-6-3-14(22,4-7-20)5-8-21/h1-2,9,21-22H,3-8H2. The Kier molecular flexibility index (Phi) is 4.63. The van der Waals surface area contributed by atoms with Gasteiger partial charge in [0.05, 0.1) is 22.8 Å². The minimum absolute atomic E-state index is 0.119. The molecule has 0 unspecified atom stereocenters. The topological polar surface area (TPSA) is 67.5 Å². The third kappa shape index (κ3) is 3.51. The maximum absolute atomic E-state index is 13.0. The lowest BCUT2D eigenvalue weighted by atomic mass is 9.88. The second-order valence-electron chi connectivity index (χ2n) is 5.52. The molecule has 1 aromatic rings. The summed E-state index contributed by atoms with van der Waals surface area (Å²) in [4.78, 5) is 1.75. The van der Waals surface area contributed by atoms with E-state index in [1.807, 2.05) is 0 Å². The monoisotopic (exact) mass is 314 g/mol. The third-order valence-corrected chi connectivity index (χ3v) is 4.07. The summed E-state index contributed by atoms with van der Waals surface area (Å²) in [7, 11) is 0. The predicted molar refractivity (Wildman–Crippen MR) is 74.3 cm³/mol. The zero-order valence-electron chi connectivity index (χ0n) is 11.9. The average Bonchev–Trinajstić information content (AvgIpc) is 2.46. The van der Waals surface area contributed by atoms with E-state index in [1.165, 1.54) is 12.1 Å². The molecule has 4 nitrogen and oxygen atoms in total. The van der Waals surface area contributed by atoms with E-state index in [-0.39, 0.29) is 13.0 Å². The Morgan fingerprint density at radius 1 is 1.27 bits per heavy atom. The van der Waals surface area contributed by atoms with Crippen molar-refractivity contribution in [2.45, 2.75) is 31.0 Å². The molecule has 22 heavy (non-hydrogen) atoms. The quantitative estimate of drug-likeness (QED) is 0.898. The number of hydrogen-bond acceptors (Lipinski definition) is 4. The molecule has 0 amide bonds. The van der Waals surface area contributed by atoms with Crippen LogP contribution in [0.15, 0.2) is 18.2 Å². The number of nitriles is 1. The lowest BCUT2D eigenvalue weighted by Gasteiger charge is -2.39. The number of piperidine rings is 1. The highest BCUT2D eigenvalue weighted by molar-refractivity contribution is 5.55. The summed E-state index contributed by atoms with van der Waals surface area (Å²) in [6, 6.07) is 5.20. The summed E-state index contributed by atoms with van der Waals surface area (Å²) in [6.45, 7) is 0.685. The fourth-order valence-corrected chi connectivity index (χ4v) is 2.70. The van der Waals surface area contributed by atoms with Crippen LogP contribution in [0.4, 0.5) is 18.9 Å². The van der Waals surface area contributed by atoms with E-state index < -0.39 is 22.9 Å². The Morgan fingerprint density at radius 3 is 2.41 bits per heavy atom. The highest BCUT2D eigenvalue weighted by atomic mass is 19.4. The van der Waals surface area contributed by atoms with E-state index in [0.717, 1.165) is 6.07 Å². The number of hydrogen-bond donors (Lipinski definition) is 2. The second kappa shape index (κ2) is 6.15. The van der Waals surface area contributed by atoms with Gasteiger partial charge in [0.2, 0.25) is 0 Å². The number of aliphatic hydroxyl groups excluding tert-OH is 1. The summed E-state index contributed by atoms with van der Waals surface area (Å²) in [5.41, 5.74) is -1.91. The Hall–Kier alpha value is -1.78. The van der Waals surface area contributed by atoms with Gasteiger partial charge in [0.25, 0.3) is 0 Å². The molecular formula is C15H17F3N2O2. The Balaban J connectivity index is 2.20. The summed E-state index contributed by atoms with van der Waals surface area (Å²) >= 11 is 0. The Labute approximate surface area is 126 Å². The van der Waals surface area contributed by atoms with Gasteiger partial charge in [-0.15, -0.1) is 0 Å². The maximum atomic E-state index is 13.0. The van der Waals surface area contributed by atoms with Crippen LogP contribution in [0.25, 0.3) is 0 Å². The molecule has 2 N–H and O–H groups in total. The van der Waals surface area contributed by atoms with Gasteiger partial charge >= 0.3 is 6.18 Å². The highest BCUT2D eigenvalue weighted by Crippen LogP contribution is 2.36. The zero-order chi connectivity index (χ0) is 16.4. The van der Waals surface area contributed by atoms with Crippen molar-refractivity contribution in [1.29, 1.82) is 5.26 Å². The molecule has 0 aromatic heterocycles.